The summed E-state index contributed by atoms with van der Waals surface area (Å²) >= 11 is 7.66. The van der Waals surface area contributed by atoms with Crippen molar-refractivity contribution in [3.8, 4) is 11.1 Å². The van der Waals surface area contributed by atoms with Crippen LogP contribution in [0.25, 0.3) is 16.7 Å². The number of fused-ring (bicyclic) bond motifs is 13. The third-order valence-corrected chi connectivity index (χ3v) is 9.50. The van der Waals surface area contributed by atoms with E-state index in [1.165, 1.54) is 55.6 Å². The Morgan fingerprint density at radius 2 is 0.821 bits per heavy atom. The Kier molecular flexibility index (Phi) is 4.66. The van der Waals surface area contributed by atoms with Crippen molar-refractivity contribution in [2.24, 2.45) is 0 Å². The van der Waals surface area contributed by atoms with E-state index < -0.39 is 10.8 Å². The number of benzene rings is 5. The normalized spacial score (nSPS) is 16.6. The molecule has 0 aliphatic heterocycles. The van der Waals surface area contributed by atoms with E-state index in [1.807, 2.05) is 12.2 Å². The highest BCUT2D eigenvalue weighted by molar-refractivity contribution is 6.36. The zero-order chi connectivity index (χ0) is 26.2. The van der Waals surface area contributed by atoms with Crippen LogP contribution in [0.15, 0.2) is 151 Å². The zero-order valence-corrected chi connectivity index (χ0v) is 22.1. The molecule has 2 spiro atoms. The first kappa shape index (κ1) is 22.6. The third-order valence-electron chi connectivity index (χ3n) is 9.01. The molecule has 5 aromatic carbocycles. The largest absolute Gasteiger partial charge is 0.0991 e. The van der Waals surface area contributed by atoms with E-state index in [0.717, 1.165) is 10.6 Å². The van der Waals surface area contributed by atoms with Crippen molar-refractivity contribution in [1.29, 1.82) is 0 Å². The maximum atomic E-state index is 7.66. The molecule has 0 heterocycles. The standard InChI is InChI=1S/C38H25Cl/c1-2-3-14-28-27-17-6-9-20-31(27)38(36(28)39)34-23-12-10-21-32(34)37(33-22-11-13-24-35(33)38)29-18-7-4-15-25(29)26-16-5-8-19-30(26)37/h2-24H,1H2/b14-3-. The van der Waals surface area contributed by atoms with Gasteiger partial charge in [0.25, 0.3) is 0 Å². The van der Waals surface area contributed by atoms with Crippen molar-refractivity contribution >= 4 is 17.2 Å². The van der Waals surface area contributed by atoms with Crippen molar-refractivity contribution in [2.75, 3.05) is 0 Å². The molecule has 0 saturated heterocycles. The minimum absolute atomic E-state index is 0.433. The van der Waals surface area contributed by atoms with Gasteiger partial charge in [0.1, 0.15) is 0 Å². The molecule has 8 rings (SSSR count). The van der Waals surface area contributed by atoms with E-state index in [0.29, 0.717) is 0 Å². The Hall–Kier alpha value is -4.39. The lowest BCUT2D eigenvalue weighted by Crippen LogP contribution is -2.43. The summed E-state index contributed by atoms with van der Waals surface area (Å²) in [6.45, 7) is 3.92. The molecule has 1 heteroatoms. The van der Waals surface area contributed by atoms with Gasteiger partial charge in [-0.15, -0.1) is 0 Å². The predicted octanol–water partition coefficient (Wildman–Crippen LogP) is 9.40. The molecular weight excluding hydrogens is 492 g/mol. The van der Waals surface area contributed by atoms with Gasteiger partial charge in [-0.25, -0.2) is 0 Å². The molecule has 0 radical (unpaired) electrons. The molecule has 3 aliphatic carbocycles. The molecule has 0 nitrogen and oxygen atoms in total. The molecule has 5 aromatic rings. The molecule has 0 N–H and O–H groups in total. The highest BCUT2D eigenvalue weighted by Crippen LogP contribution is 2.67. The summed E-state index contributed by atoms with van der Waals surface area (Å²) in [4.78, 5) is 0. The predicted molar refractivity (Wildman–Crippen MR) is 162 cm³/mol. The summed E-state index contributed by atoms with van der Waals surface area (Å²) in [7, 11) is 0. The van der Waals surface area contributed by atoms with Crippen LogP contribution in [-0.2, 0) is 10.8 Å². The summed E-state index contributed by atoms with van der Waals surface area (Å²) in [5, 5.41) is 0.844. The van der Waals surface area contributed by atoms with E-state index in [1.54, 1.807) is 0 Å². The third kappa shape index (κ3) is 2.56. The van der Waals surface area contributed by atoms with E-state index in [9.17, 15) is 0 Å². The molecule has 0 amide bonds. The Morgan fingerprint density at radius 1 is 0.462 bits per heavy atom. The quantitative estimate of drug-likeness (QED) is 0.201. The lowest BCUT2D eigenvalue weighted by Gasteiger charge is -2.48. The van der Waals surface area contributed by atoms with Crippen LogP contribution in [0, 0.1) is 0 Å². The van der Waals surface area contributed by atoms with Crippen LogP contribution in [-0.4, -0.2) is 0 Å². The SMILES string of the molecule is C=C/C=C\C1=C(Cl)C2(c3ccccc31)c1ccccc1C1(c3ccccc3-c3ccccc31)c1ccccc12. The van der Waals surface area contributed by atoms with Crippen LogP contribution >= 0.6 is 11.6 Å². The smallest absolute Gasteiger partial charge is 0.0827 e. The molecule has 0 atom stereocenters. The van der Waals surface area contributed by atoms with Crippen molar-refractivity contribution in [1.82, 2.24) is 0 Å². The molecule has 184 valence electrons. The fourth-order valence-corrected chi connectivity index (χ4v) is 8.19. The van der Waals surface area contributed by atoms with Crippen LogP contribution in [0.2, 0.25) is 0 Å². The van der Waals surface area contributed by atoms with Gasteiger partial charge in [0.15, 0.2) is 0 Å². The number of hydrogen-bond acceptors (Lipinski definition) is 0. The van der Waals surface area contributed by atoms with Gasteiger partial charge >= 0.3 is 0 Å². The lowest BCUT2D eigenvalue weighted by atomic mass is 9.53. The summed E-state index contributed by atoms with van der Waals surface area (Å²) in [6.07, 6.45) is 5.91. The zero-order valence-electron chi connectivity index (χ0n) is 21.4. The topological polar surface area (TPSA) is 0 Å². The molecule has 0 unspecified atom stereocenters. The first-order valence-electron chi connectivity index (χ1n) is 13.4. The van der Waals surface area contributed by atoms with Crippen molar-refractivity contribution in [3.05, 3.63) is 196 Å². The molecule has 0 fully saturated rings. The second kappa shape index (κ2) is 8.06. The van der Waals surface area contributed by atoms with Gasteiger partial charge in [0.05, 0.1) is 10.8 Å². The number of rotatable bonds is 2. The molecule has 0 bridgehead atoms. The van der Waals surface area contributed by atoms with Gasteiger partial charge in [0.2, 0.25) is 0 Å². The summed E-state index contributed by atoms with van der Waals surface area (Å²) in [5.41, 5.74) is 12.8. The molecular formula is C38H25Cl. The summed E-state index contributed by atoms with van der Waals surface area (Å²) in [5.74, 6) is 0. The summed E-state index contributed by atoms with van der Waals surface area (Å²) < 4.78 is 0. The highest BCUT2D eigenvalue weighted by atomic mass is 35.5. The van der Waals surface area contributed by atoms with E-state index >= 15 is 0 Å². The van der Waals surface area contributed by atoms with Crippen LogP contribution in [0.1, 0.15) is 44.5 Å². The average molecular weight is 517 g/mol. The van der Waals surface area contributed by atoms with E-state index in [-0.39, 0.29) is 0 Å². The summed E-state index contributed by atoms with van der Waals surface area (Å²) in [6, 6.07) is 44.5. The maximum Gasteiger partial charge on any atom is 0.0827 e. The molecule has 3 aliphatic rings. The van der Waals surface area contributed by atoms with Gasteiger partial charge < -0.3 is 0 Å². The second-order valence-corrected chi connectivity index (χ2v) is 10.9. The number of allylic oxidation sites excluding steroid dienone is 5. The lowest BCUT2D eigenvalue weighted by molar-refractivity contribution is 0.637. The van der Waals surface area contributed by atoms with Crippen molar-refractivity contribution < 1.29 is 0 Å². The van der Waals surface area contributed by atoms with Crippen molar-refractivity contribution in [2.45, 2.75) is 10.8 Å². The van der Waals surface area contributed by atoms with Crippen LogP contribution in [0.4, 0.5) is 0 Å². The van der Waals surface area contributed by atoms with Crippen LogP contribution in [0.3, 0.4) is 0 Å². The van der Waals surface area contributed by atoms with E-state index in [2.05, 4.69) is 134 Å². The molecule has 0 aromatic heterocycles. The first-order chi connectivity index (χ1) is 19.3. The highest BCUT2D eigenvalue weighted by Gasteiger charge is 2.59. The van der Waals surface area contributed by atoms with Crippen molar-refractivity contribution in [3.63, 3.8) is 0 Å². The molecule has 39 heavy (non-hydrogen) atoms. The average Bonchev–Trinajstić information content (AvgIpc) is 3.43. The Labute approximate surface area is 234 Å². The van der Waals surface area contributed by atoms with Crippen LogP contribution in [0.5, 0.6) is 0 Å². The Balaban J connectivity index is 1.60. The van der Waals surface area contributed by atoms with Gasteiger partial charge in [0, 0.05) is 5.03 Å². The molecule has 0 saturated carbocycles. The van der Waals surface area contributed by atoms with E-state index in [4.69, 9.17) is 11.6 Å². The number of hydrogen-bond donors (Lipinski definition) is 0. The fraction of sp³-hybridized carbons (Fsp3) is 0.0526. The van der Waals surface area contributed by atoms with Gasteiger partial charge in [-0.05, 0) is 61.2 Å². The minimum atomic E-state index is -0.607. The van der Waals surface area contributed by atoms with Gasteiger partial charge in [-0.3, -0.25) is 0 Å². The Morgan fingerprint density at radius 3 is 1.28 bits per heavy atom. The first-order valence-corrected chi connectivity index (χ1v) is 13.8. The Bertz CT molecular complexity index is 1810. The second-order valence-electron chi connectivity index (χ2n) is 10.6. The van der Waals surface area contributed by atoms with Crippen LogP contribution < -0.4 is 0 Å². The minimum Gasteiger partial charge on any atom is -0.0991 e. The fourth-order valence-electron chi connectivity index (χ4n) is 7.72. The maximum absolute atomic E-state index is 7.66. The number of halogens is 1. The monoisotopic (exact) mass is 516 g/mol. The van der Waals surface area contributed by atoms with Gasteiger partial charge in [-0.2, -0.15) is 0 Å². The van der Waals surface area contributed by atoms with Gasteiger partial charge in [-0.1, -0.05) is 158 Å².